The van der Waals surface area contributed by atoms with Gasteiger partial charge in [0, 0.05) is 44.3 Å². The predicted octanol–water partition coefficient (Wildman–Crippen LogP) is 3.36. The lowest BCUT2D eigenvalue weighted by molar-refractivity contribution is 0.0748. The molecule has 1 aromatic carbocycles. The second kappa shape index (κ2) is 8.22. The molecular formula is C21H20N4O2S. The Kier molecular flexibility index (Phi) is 5.34. The number of thiophene rings is 1. The highest BCUT2D eigenvalue weighted by atomic mass is 32.1. The summed E-state index contributed by atoms with van der Waals surface area (Å²) in [6.45, 7) is 2.79. The molecule has 4 rings (SSSR count). The Bertz CT molecular complexity index is 952. The number of amides is 2. The molecule has 0 saturated carbocycles. The molecule has 7 heteroatoms. The number of aromatic nitrogens is 1. The van der Waals surface area contributed by atoms with E-state index in [-0.39, 0.29) is 11.8 Å². The van der Waals surface area contributed by atoms with Crippen LogP contribution in [0.4, 0.5) is 11.4 Å². The van der Waals surface area contributed by atoms with Gasteiger partial charge in [0.2, 0.25) is 0 Å². The quantitative estimate of drug-likeness (QED) is 0.739. The van der Waals surface area contributed by atoms with E-state index >= 15 is 0 Å². The van der Waals surface area contributed by atoms with Crippen LogP contribution in [0.25, 0.3) is 0 Å². The van der Waals surface area contributed by atoms with Crippen molar-refractivity contribution in [1.29, 1.82) is 0 Å². The molecule has 1 saturated heterocycles. The monoisotopic (exact) mass is 392 g/mol. The Hall–Kier alpha value is -3.19. The van der Waals surface area contributed by atoms with Gasteiger partial charge in [0.25, 0.3) is 11.8 Å². The predicted molar refractivity (Wildman–Crippen MR) is 111 cm³/mol. The lowest BCUT2D eigenvalue weighted by atomic mass is 10.1. The maximum atomic E-state index is 13.1. The SMILES string of the molecule is O=C(Nc1ccccc1C(=O)N1CCN(c2ccncc2)CC1)c1cccs1. The third-order valence-electron chi connectivity index (χ3n) is 4.75. The van der Waals surface area contributed by atoms with Crippen LogP contribution in [0.15, 0.2) is 66.3 Å². The van der Waals surface area contributed by atoms with E-state index in [4.69, 9.17) is 0 Å². The number of rotatable bonds is 4. The Balaban J connectivity index is 1.45. The van der Waals surface area contributed by atoms with Gasteiger partial charge < -0.3 is 15.1 Å². The molecule has 1 aliphatic rings. The molecule has 0 unspecified atom stereocenters. The highest BCUT2D eigenvalue weighted by Gasteiger charge is 2.24. The van der Waals surface area contributed by atoms with Crippen LogP contribution in [0, 0.1) is 0 Å². The summed E-state index contributed by atoms with van der Waals surface area (Å²) in [5.74, 6) is -0.255. The van der Waals surface area contributed by atoms with Crippen molar-refractivity contribution in [2.75, 3.05) is 36.4 Å². The van der Waals surface area contributed by atoms with Crippen LogP contribution >= 0.6 is 11.3 Å². The lowest BCUT2D eigenvalue weighted by Gasteiger charge is -2.36. The summed E-state index contributed by atoms with van der Waals surface area (Å²) in [4.78, 5) is 34.2. The molecule has 6 nitrogen and oxygen atoms in total. The smallest absolute Gasteiger partial charge is 0.265 e. The molecule has 142 valence electrons. The molecule has 1 N–H and O–H groups in total. The number of nitrogens with zero attached hydrogens (tertiary/aromatic N) is 3. The number of anilines is 2. The maximum absolute atomic E-state index is 13.1. The minimum atomic E-state index is -0.197. The number of benzene rings is 1. The number of nitrogens with one attached hydrogen (secondary N) is 1. The largest absolute Gasteiger partial charge is 0.368 e. The Labute approximate surface area is 167 Å². The van der Waals surface area contributed by atoms with Gasteiger partial charge >= 0.3 is 0 Å². The number of para-hydroxylation sites is 1. The van der Waals surface area contributed by atoms with Crippen molar-refractivity contribution in [3.63, 3.8) is 0 Å². The number of hydrogen-bond acceptors (Lipinski definition) is 5. The molecule has 3 aromatic rings. The second-order valence-corrected chi connectivity index (χ2v) is 7.41. The Morgan fingerprint density at radius 3 is 2.39 bits per heavy atom. The van der Waals surface area contributed by atoms with Gasteiger partial charge in [-0.25, -0.2) is 0 Å². The molecule has 1 fully saturated rings. The summed E-state index contributed by atoms with van der Waals surface area (Å²) in [6, 6.07) is 14.7. The maximum Gasteiger partial charge on any atom is 0.265 e. The van der Waals surface area contributed by atoms with Gasteiger partial charge in [-0.3, -0.25) is 14.6 Å². The molecule has 2 aromatic heterocycles. The van der Waals surface area contributed by atoms with Gasteiger partial charge in [-0.2, -0.15) is 0 Å². The van der Waals surface area contributed by atoms with E-state index in [1.807, 2.05) is 40.6 Å². The fourth-order valence-corrected chi connectivity index (χ4v) is 3.88. The topological polar surface area (TPSA) is 65.5 Å². The fourth-order valence-electron chi connectivity index (χ4n) is 3.26. The standard InChI is InChI=1S/C21H20N4O2S/c26-20(19-6-3-15-28-19)23-18-5-2-1-4-17(18)21(27)25-13-11-24(12-14-25)16-7-9-22-10-8-16/h1-10,15H,11-14H2,(H,23,26). The van der Waals surface area contributed by atoms with Crippen molar-refractivity contribution in [2.24, 2.45) is 0 Å². The van der Waals surface area contributed by atoms with E-state index in [2.05, 4.69) is 15.2 Å². The molecule has 0 aliphatic carbocycles. The number of hydrogen-bond donors (Lipinski definition) is 1. The van der Waals surface area contributed by atoms with Crippen LogP contribution in [0.5, 0.6) is 0 Å². The van der Waals surface area contributed by atoms with Gasteiger partial charge in [0.1, 0.15) is 0 Å². The van der Waals surface area contributed by atoms with Gasteiger partial charge in [-0.15, -0.1) is 11.3 Å². The average molecular weight is 392 g/mol. The zero-order valence-electron chi connectivity index (χ0n) is 15.2. The molecular weight excluding hydrogens is 372 g/mol. The van der Waals surface area contributed by atoms with Gasteiger partial charge in [-0.05, 0) is 35.7 Å². The molecule has 0 bridgehead atoms. The van der Waals surface area contributed by atoms with Crippen LogP contribution < -0.4 is 10.2 Å². The first-order valence-corrected chi connectivity index (χ1v) is 9.98. The third-order valence-corrected chi connectivity index (χ3v) is 5.61. The Morgan fingerprint density at radius 2 is 1.68 bits per heavy atom. The van der Waals surface area contributed by atoms with E-state index in [1.165, 1.54) is 11.3 Å². The summed E-state index contributed by atoms with van der Waals surface area (Å²) in [6.07, 6.45) is 3.55. The molecule has 0 spiro atoms. The number of pyridine rings is 1. The van der Waals surface area contributed by atoms with Crippen molar-refractivity contribution in [2.45, 2.75) is 0 Å². The van der Waals surface area contributed by atoms with Crippen LogP contribution in [0.3, 0.4) is 0 Å². The number of carbonyl (C=O) groups excluding carboxylic acids is 2. The van der Waals surface area contributed by atoms with E-state index in [9.17, 15) is 9.59 Å². The first kappa shape index (κ1) is 18.2. The summed E-state index contributed by atoms with van der Waals surface area (Å²) >= 11 is 1.37. The van der Waals surface area contributed by atoms with Crippen LogP contribution in [-0.4, -0.2) is 47.9 Å². The molecule has 3 heterocycles. The Morgan fingerprint density at radius 1 is 0.929 bits per heavy atom. The third kappa shape index (κ3) is 3.89. The fraction of sp³-hybridized carbons (Fsp3) is 0.190. The van der Waals surface area contributed by atoms with E-state index in [0.717, 1.165) is 18.8 Å². The molecule has 28 heavy (non-hydrogen) atoms. The minimum Gasteiger partial charge on any atom is -0.368 e. The highest BCUT2D eigenvalue weighted by Crippen LogP contribution is 2.21. The van der Waals surface area contributed by atoms with Crippen LogP contribution in [0.1, 0.15) is 20.0 Å². The molecule has 1 aliphatic heterocycles. The molecule has 0 radical (unpaired) electrons. The normalized spacial score (nSPS) is 14.0. The number of piperazine rings is 1. The van der Waals surface area contributed by atoms with Crippen molar-refractivity contribution in [1.82, 2.24) is 9.88 Å². The molecule has 0 atom stereocenters. The van der Waals surface area contributed by atoms with Gasteiger partial charge in [-0.1, -0.05) is 18.2 Å². The zero-order valence-corrected chi connectivity index (χ0v) is 16.1. The average Bonchev–Trinajstić information content (AvgIpc) is 3.30. The van der Waals surface area contributed by atoms with E-state index in [1.54, 1.807) is 30.6 Å². The van der Waals surface area contributed by atoms with Crippen LogP contribution in [-0.2, 0) is 0 Å². The summed E-state index contributed by atoms with van der Waals surface area (Å²) in [7, 11) is 0. The summed E-state index contributed by atoms with van der Waals surface area (Å²) < 4.78 is 0. The summed E-state index contributed by atoms with van der Waals surface area (Å²) in [5, 5.41) is 4.73. The zero-order chi connectivity index (χ0) is 19.3. The van der Waals surface area contributed by atoms with Gasteiger partial charge in [0.15, 0.2) is 0 Å². The first-order valence-electron chi connectivity index (χ1n) is 9.10. The highest BCUT2D eigenvalue weighted by molar-refractivity contribution is 7.12. The van der Waals surface area contributed by atoms with Crippen molar-refractivity contribution >= 4 is 34.5 Å². The second-order valence-electron chi connectivity index (χ2n) is 6.46. The van der Waals surface area contributed by atoms with Crippen molar-refractivity contribution < 1.29 is 9.59 Å². The lowest BCUT2D eigenvalue weighted by Crippen LogP contribution is -2.49. The van der Waals surface area contributed by atoms with E-state index in [0.29, 0.717) is 29.2 Å². The first-order chi connectivity index (χ1) is 13.7. The van der Waals surface area contributed by atoms with Crippen LogP contribution in [0.2, 0.25) is 0 Å². The van der Waals surface area contributed by atoms with Crippen molar-refractivity contribution in [3.8, 4) is 0 Å². The molecule has 2 amide bonds. The van der Waals surface area contributed by atoms with Crippen molar-refractivity contribution in [3.05, 3.63) is 76.7 Å². The van der Waals surface area contributed by atoms with Gasteiger partial charge in [0.05, 0.1) is 16.1 Å². The minimum absolute atomic E-state index is 0.0588. The number of carbonyl (C=O) groups is 2. The van der Waals surface area contributed by atoms with E-state index < -0.39 is 0 Å². The summed E-state index contributed by atoms with van der Waals surface area (Å²) in [5.41, 5.74) is 2.18.